The number of methoxy groups -OCH3 is 1. The number of hydrogen-bond donors (Lipinski definition) is 3. The molecule has 0 aromatic heterocycles. The second-order valence-corrected chi connectivity index (χ2v) is 10.0. The molecule has 1 aliphatic heterocycles. The zero-order chi connectivity index (χ0) is 26.8. The Kier molecular flexibility index (Phi) is 7.44. The van der Waals surface area contributed by atoms with Gasteiger partial charge in [-0.3, -0.25) is 14.5 Å². The highest BCUT2D eigenvalue weighted by Crippen LogP contribution is 2.49. The van der Waals surface area contributed by atoms with Gasteiger partial charge in [-0.15, -0.1) is 0 Å². The van der Waals surface area contributed by atoms with E-state index in [4.69, 9.17) is 9.47 Å². The zero-order valence-electron chi connectivity index (χ0n) is 21.0. The molecule has 6 atom stereocenters. The lowest BCUT2D eigenvalue weighted by Crippen LogP contribution is -2.55. The van der Waals surface area contributed by atoms with Gasteiger partial charge in [-0.25, -0.2) is 10.2 Å². The smallest absolute Gasteiger partial charge is 0.428 e. The number of nitrogens with one attached hydrogen (secondary N) is 1. The third-order valence-electron chi connectivity index (χ3n) is 7.87. The van der Waals surface area contributed by atoms with Crippen molar-refractivity contribution in [3.05, 3.63) is 65.7 Å². The van der Waals surface area contributed by atoms with Crippen molar-refractivity contribution in [3.63, 3.8) is 0 Å². The monoisotopic (exact) mass is 521 g/mol. The highest BCUT2D eigenvalue weighted by molar-refractivity contribution is 6.06. The van der Waals surface area contributed by atoms with Crippen LogP contribution in [-0.4, -0.2) is 58.0 Å². The average molecular weight is 522 g/mol. The summed E-state index contributed by atoms with van der Waals surface area (Å²) in [6, 6.07) is 16.4. The van der Waals surface area contributed by atoms with Crippen molar-refractivity contribution in [2.24, 2.45) is 28.8 Å². The Bertz CT molecular complexity index is 1220. The fourth-order valence-electron chi connectivity index (χ4n) is 6.01. The van der Waals surface area contributed by atoms with Crippen LogP contribution in [0.2, 0.25) is 0 Å². The molecule has 3 fully saturated rings. The molecule has 0 radical (unpaired) electrons. The maximum Gasteiger partial charge on any atom is 0.428 e. The van der Waals surface area contributed by atoms with Gasteiger partial charge in [0.25, 0.3) is 0 Å². The van der Waals surface area contributed by atoms with E-state index in [0.717, 1.165) is 11.1 Å². The molecule has 3 N–H and O–H groups in total. The van der Waals surface area contributed by atoms with Crippen molar-refractivity contribution in [1.82, 2.24) is 10.3 Å². The molecule has 0 bridgehead atoms. The van der Waals surface area contributed by atoms with E-state index in [9.17, 15) is 24.6 Å². The molecule has 2 aromatic rings. The number of ether oxygens (including phenoxy) is 2. The van der Waals surface area contributed by atoms with Crippen molar-refractivity contribution >= 4 is 23.6 Å². The van der Waals surface area contributed by atoms with Gasteiger partial charge in [0, 0.05) is 24.0 Å². The Balaban J connectivity index is 1.28. The van der Waals surface area contributed by atoms with E-state index < -0.39 is 36.1 Å². The first kappa shape index (κ1) is 25.9. The summed E-state index contributed by atoms with van der Waals surface area (Å²) in [5, 5.41) is 25.8. The lowest BCUT2D eigenvalue weighted by molar-refractivity contribution is -0.142. The Hall–Kier alpha value is -3.76. The SMILES string of the molecule is COc1ccc(COC(=O)N/N=C2/C[C@@H](O)[C@@H](O)[C@@H]3[C@@H]4C(=O)N(Cc5ccccc5)C(=O)[C@H]4CC[C@H]23)cc1. The normalized spacial score (nSPS) is 29.6. The van der Waals surface area contributed by atoms with E-state index >= 15 is 0 Å². The van der Waals surface area contributed by atoms with Crippen LogP contribution in [0.3, 0.4) is 0 Å². The van der Waals surface area contributed by atoms with Crippen LogP contribution in [0, 0.1) is 23.7 Å². The summed E-state index contributed by atoms with van der Waals surface area (Å²) in [6.07, 6.45) is -2.09. The summed E-state index contributed by atoms with van der Waals surface area (Å²) in [6.45, 7) is 0.204. The number of aliphatic hydroxyl groups is 2. The molecule has 0 spiro atoms. The van der Waals surface area contributed by atoms with E-state index in [2.05, 4.69) is 10.5 Å². The highest BCUT2D eigenvalue weighted by Gasteiger charge is 2.59. The fraction of sp³-hybridized carbons (Fsp3) is 0.429. The molecular weight excluding hydrogens is 490 g/mol. The topological polar surface area (TPSA) is 138 Å². The van der Waals surface area contributed by atoms with Crippen LogP contribution in [0.25, 0.3) is 0 Å². The first-order chi connectivity index (χ1) is 18.4. The zero-order valence-corrected chi connectivity index (χ0v) is 21.0. The van der Waals surface area contributed by atoms with Gasteiger partial charge >= 0.3 is 6.09 Å². The molecular formula is C28H31N3O7. The van der Waals surface area contributed by atoms with Gasteiger partial charge in [-0.05, 0) is 36.1 Å². The van der Waals surface area contributed by atoms with Crippen LogP contribution in [0.4, 0.5) is 4.79 Å². The van der Waals surface area contributed by atoms with Crippen molar-refractivity contribution < 1.29 is 34.1 Å². The molecule has 2 aliphatic carbocycles. The first-order valence-corrected chi connectivity index (χ1v) is 12.7. The Morgan fingerprint density at radius 3 is 2.42 bits per heavy atom. The number of aliphatic hydroxyl groups excluding tert-OH is 2. The molecule has 1 saturated heterocycles. The summed E-state index contributed by atoms with van der Waals surface area (Å²) >= 11 is 0. The summed E-state index contributed by atoms with van der Waals surface area (Å²) < 4.78 is 10.3. The molecule has 1 heterocycles. The number of carbonyl (C=O) groups excluding carboxylic acids is 3. The molecule has 38 heavy (non-hydrogen) atoms. The maximum atomic E-state index is 13.5. The van der Waals surface area contributed by atoms with Gasteiger partial charge in [0.05, 0.1) is 37.7 Å². The second kappa shape index (κ2) is 10.9. The lowest BCUT2D eigenvalue weighted by atomic mass is 9.60. The minimum absolute atomic E-state index is 0.0334. The molecule has 5 rings (SSSR count). The summed E-state index contributed by atoms with van der Waals surface area (Å²) in [7, 11) is 1.57. The summed E-state index contributed by atoms with van der Waals surface area (Å²) in [5.74, 6) is -2.21. The van der Waals surface area contributed by atoms with E-state index in [1.54, 1.807) is 31.4 Å². The van der Waals surface area contributed by atoms with Gasteiger partial charge in [-0.1, -0.05) is 42.5 Å². The third kappa shape index (κ3) is 5.01. The summed E-state index contributed by atoms with van der Waals surface area (Å²) in [4.78, 5) is 40.2. The Morgan fingerprint density at radius 2 is 1.71 bits per heavy atom. The standard InChI is InChI=1S/C28H31N3O7/c1-37-18-9-7-17(8-10-18)15-38-28(36)30-29-21-13-22(32)25(33)23-19(21)11-12-20-24(23)27(35)31(26(20)34)14-16-5-3-2-4-6-16/h2-10,19-20,22-25,32-33H,11-15H2,1H3,(H,30,36)/b29-21-/t19-,20+,22-,23+,24-,25-/m1/s1. The van der Waals surface area contributed by atoms with E-state index in [-0.39, 0.29) is 37.3 Å². The van der Waals surface area contributed by atoms with Crippen molar-refractivity contribution in [3.8, 4) is 5.75 Å². The number of rotatable bonds is 6. The molecule has 2 aromatic carbocycles. The van der Waals surface area contributed by atoms with Crippen LogP contribution in [0.5, 0.6) is 5.75 Å². The Labute approximate surface area is 220 Å². The number of fused-ring (bicyclic) bond motifs is 3. The minimum atomic E-state index is -1.18. The molecule has 10 heteroatoms. The van der Waals surface area contributed by atoms with Gasteiger partial charge < -0.3 is 19.7 Å². The van der Waals surface area contributed by atoms with E-state index in [0.29, 0.717) is 24.3 Å². The molecule has 3 amide bonds. The van der Waals surface area contributed by atoms with Crippen molar-refractivity contribution in [2.75, 3.05) is 7.11 Å². The van der Waals surface area contributed by atoms with Crippen molar-refractivity contribution in [2.45, 2.75) is 44.6 Å². The maximum absolute atomic E-state index is 13.5. The molecule has 200 valence electrons. The van der Waals surface area contributed by atoms with Gasteiger partial charge in [-0.2, -0.15) is 5.10 Å². The average Bonchev–Trinajstić information content (AvgIpc) is 3.18. The predicted molar refractivity (Wildman–Crippen MR) is 136 cm³/mol. The number of likely N-dealkylation sites (tertiary alicyclic amines) is 1. The number of hydrogen-bond acceptors (Lipinski definition) is 8. The second-order valence-electron chi connectivity index (χ2n) is 10.0. The molecule has 3 aliphatic rings. The van der Waals surface area contributed by atoms with Crippen LogP contribution in [0.15, 0.2) is 59.7 Å². The number of benzene rings is 2. The summed E-state index contributed by atoms with van der Waals surface area (Å²) in [5.41, 5.74) is 4.47. The van der Waals surface area contributed by atoms with Gasteiger partial charge in [0.15, 0.2) is 0 Å². The number of imide groups is 1. The van der Waals surface area contributed by atoms with Crippen LogP contribution >= 0.6 is 0 Å². The largest absolute Gasteiger partial charge is 0.497 e. The highest BCUT2D eigenvalue weighted by atomic mass is 16.6. The van der Waals surface area contributed by atoms with E-state index in [1.807, 2.05) is 30.3 Å². The first-order valence-electron chi connectivity index (χ1n) is 12.7. The van der Waals surface area contributed by atoms with Gasteiger partial charge in [0.2, 0.25) is 11.8 Å². The minimum Gasteiger partial charge on any atom is -0.497 e. The van der Waals surface area contributed by atoms with Crippen LogP contribution < -0.4 is 10.2 Å². The Morgan fingerprint density at radius 1 is 1.00 bits per heavy atom. The predicted octanol–water partition coefficient (Wildman–Crippen LogP) is 2.23. The van der Waals surface area contributed by atoms with E-state index in [1.165, 1.54) is 4.90 Å². The van der Waals surface area contributed by atoms with Gasteiger partial charge in [0.1, 0.15) is 12.4 Å². The van der Waals surface area contributed by atoms with Crippen molar-refractivity contribution in [1.29, 1.82) is 0 Å². The molecule has 2 saturated carbocycles. The number of nitrogens with zero attached hydrogens (tertiary/aromatic N) is 2. The quantitative estimate of drug-likeness (QED) is 0.392. The lowest BCUT2D eigenvalue weighted by Gasteiger charge is -2.45. The van der Waals surface area contributed by atoms with Crippen LogP contribution in [-0.2, 0) is 27.5 Å². The number of amides is 3. The number of carbonyl (C=O) groups is 3. The molecule has 10 nitrogen and oxygen atoms in total. The fourth-order valence-corrected chi connectivity index (χ4v) is 6.01. The number of hydrazone groups is 1. The van der Waals surface area contributed by atoms with Crippen LogP contribution in [0.1, 0.15) is 30.4 Å². The molecule has 0 unspecified atom stereocenters. The third-order valence-corrected chi connectivity index (χ3v) is 7.87.